The number of carbonyl (C=O) groups excluding carboxylic acids is 1. The van der Waals surface area contributed by atoms with Crippen molar-refractivity contribution in [3.63, 3.8) is 0 Å². The van der Waals surface area contributed by atoms with Crippen molar-refractivity contribution < 1.29 is 4.79 Å². The van der Waals surface area contributed by atoms with E-state index in [4.69, 9.17) is 6.57 Å². The molecule has 2 aliphatic carbocycles. The van der Waals surface area contributed by atoms with E-state index < -0.39 is 0 Å². The van der Waals surface area contributed by atoms with E-state index in [1.807, 2.05) is 24.3 Å². The van der Waals surface area contributed by atoms with Crippen LogP contribution in [0.4, 0.5) is 17.3 Å². The number of benzene rings is 1. The van der Waals surface area contributed by atoms with Gasteiger partial charge in [0.1, 0.15) is 5.69 Å². The molecule has 0 spiro atoms. The minimum Gasteiger partial charge on any atom is -0.347 e. The third-order valence-corrected chi connectivity index (χ3v) is 7.47. The molecule has 1 amide bonds. The summed E-state index contributed by atoms with van der Waals surface area (Å²) in [6.45, 7) is 14.1. The summed E-state index contributed by atoms with van der Waals surface area (Å²) in [7, 11) is 0. The van der Waals surface area contributed by atoms with Crippen LogP contribution in [0.3, 0.4) is 0 Å². The number of carbonyl (C=O) groups is 1. The largest absolute Gasteiger partial charge is 0.347 e. The van der Waals surface area contributed by atoms with Crippen LogP contribution in [0.15, 0.2) is 36.5 Å². The lowest BCUT2D eigenvalue weighted by atomic mass is 9.69. The fraction of sp³-hybridized carbons (Fsp3) is 0.478. The second-order valence-corrected chi connectivity index (χ2v) is 9.10. The number of nitrogens with one attached hydrogen (secondary N) is 3. The van der Waals surface area contributed by atoms with Crippen LogP contribution < -0.4 is 16.0 Å². The van der Waals surface area contributed by atoms with Crippen molar-refractivity contribution in [3.8, 4) is 0 Å². The Balaban J connectivity index is 1.45. The van der Waals surface area contributed by atoms with Crippen LogP contribution in [0, 0.1) is 23.3 Å². The molecular weight excluding hydrogens is 376 g/mol. The predicted octanol–water partition coefficient (Wildman–Crippen LogP) is 4.45. The van der Waals surface area contributed by atoms with E-state index in [1.54, 1.807) is 12.3 Å². The first-order valence-corrected chi connectivity index (χ1v) is 10.4. The molecular formula is C23H28N6O. The summed E-state index contributed by atoms with van der Waals surface area (Å²) in [5.41, 5.74) is 2.34. The lowest BCUT2D eigenvalue weighted by Crippen LogP contribution is -2.47. The SMILES string of the molecule is [C-]#[N+]CNc1cccc(Nc2nccc(C(=O)NC3CC4CCC3(C)C4(C)C)n2)c1. The summed E-state index contributed by atoms with van der Waals surface area (Å²) in [4.78, 5) is 24.9. The molecule has 7 heteroatoms. The first kappa shape index (κ1) is 20.1. The van der Waals surface area contributed by atoms with E-state index in [1.165, 1.54) is 6.42 Å². The molecule has 1 aromatic carbocycles. The zero-order chi connectivity index (χ0) is 21.4. The van der Waals surface area contributed by atoms with Crippen LogP contribution in [0.2, 0.25) is 0 Å². The Labute approximate surface area is 177 Å². The maximum atomic E-state index is 12.9. The summed E-state index contributed by atoms with van der Waals surface area (Å²) < 4.78 is 0. The quantitative estimate of drug-likeness (QED) is 0.620. The molecule has 0 radical (unpaired) electrons. The minimum absolute atomic E-state index is 0.125. The first-order valence-electron chi connectivity index (χ1n) is 10.4. The molecule has 2 aliphatic rings. The Morgan fingerprint density at radius 3 is 2.77 bits per heavy atom. The Bertz CT molecular complexity index is 997. The molecule has 30 heavy (non-hydrogen) atoms. The molecule has 1 aromatic heterocycles. The van der Waals surface area contributed by atoms with Crippen molar-refractivity contribution in [1.82, 2.24) is 15.3 Å². The second kappa shape index (κ2) is 7.60. The van der Waals surface area contributed by atoms with Gasteiger partial charge in [-0.3, -0.25) is 9.64 Å². The Morgan fingerprint density at radius 1 is 1.27 bits per heavy atom. The molecule has 0 aliphatic heterocycles. The number of nitrogens with zero attached hydrogens (tertiary/aromatic N) is 3. The van der Waals surface area contributed by atoms with Crippen LogP contribution in [-0.4, -0.2) is 28.6 Å². The smallest absolute Gasteiger partial charge is 0.287 e. The van der Waals surface area contributed by atoms with Crippen molar-refractivity contribution in [2.45, 2.75) is 46.1 Å². The van der Waals surface area contributed by atoms with Crippen LogP contribution in [0.25, 0.3) is 4.85 Å². The predicted molar refractivity (Wildman–Crippen MR) is 117 cm³/mol. The maximum absolute atomic E-state index is 12.9. The maximum Gasteiger partial charge on any atom is 0.287 e. The van der Waals surface area contributed by atoms with E-state index in [9.17, 15) is 4.79 Å². The normalized spacial score (nSPS) is 26.1. The van der Waals surface area contributed by atoms with Crippen molar-refractivity contribution >= 4 is 23.2 Å². The number of amides is 1. The van der Waals surface area contributed by atoms with E-state index in [0.717, 1.165) is 24.2 Å². The van der Waals surface area contributed by atoms with Gasteiger partial charge in [-0.1, -0.05) is 26.8 Å². The van der Waals surface area contributed by atoms with Gasteiger partial charge >= 0.3 is 0 Å². The molecule has 2 bridgehead atoms. The Hall–Kier alpha value is -3.14. The molecule has 7 nitrogen and oxygen atoms in total. The highest BCUT2D eigenvalue weighted by molar-refractivity contribution is 5.92. The molecule has 2 fully saturated rings. The number of aromatic nitrogens is 2. The molecule has 1 heterocycles. The van der Waals surface area contributed by atoms with Gasteiger partial charge in [-0.15, -0.1) is 0 Å². The van der Waals surface area contributed by atoms with Crippen LogP contribution >= 0.6 is 0 Å². The molecule has 2 saturated carbocycles. The lowest BCUT2D eigenvalue weighted by molar-refractivity contribution is 0.0821. The van der Waals surface area contributed by atoms with Gasteiger partial charge in [0, 0.05) is 23.6 Å². The van der Waals surface area contributed by atoms with E-state index in [0.29, 0.717) is 17.6 Å². The molecule has 3 unspecified atom stereocenters. The van der Waals surface area contributed by atoms with Crippen LogP contribution in [0.1, 0.15) is 50.5 Å². The summed E-state index contributed by atoms with van der Waals surface area (Å²) in [6, 6.07) is 9.35. The topological polar surface area (TPSA) is 83.3 Å². The average molecular weight is 405 g/mol. The number of hydrogen-bond donors (Lipinski definition) is 3. The molecule has 2 aromatic rings. The van der Waals surface area contributed by atoms with E-state index in [2.05, 4.69) is 51.5 Å². The van der Waals surface area contributed by atoms with Gasteiger partial charge in [0.05, 0.1) is 0 Å². The van der Waals surface area contributed by atoms with Crippen molar-refractivity contribution in [1.29, 1.82) is 0 Å². The second-order valence-electron chi connectivity index (χ2n) is 9.10. The first-order chi connectivity index (χ1) is 14.3. The molecule has 156 valence electrons. The standard InChI is InChI=1S/C23H28N6O/c1-22(2)15-8-10-23(22,3)19(12-15)29-20(30)18-9-11-25-21(28-18)27-17-7-5-6-16(13-17)26-14-24-4/h5-7,9,11,13,15,19,26H,8,10,12,14H2,1-3H3,(H,29,30)(H,25,27,28). The lowest BCUT2D eigenvalue weighted by Gasteiger charge is -2.39. The summed E-state index contributed by atoms with van der Waals surface area (Å²) in [5.74, 6) is 0.881. The van der Waals surface area contributed by atoms with Crippen molar-refractivity contribution in [2.24, 2.45) is 16.7 Å². The summed E-state index contributed by atoms with van der Waals surface area (Å²) >= 11 is 0. The minimum atomic E-state index is -0.150. The third kappa shape index (κ3) is 3.47. The van der Waals surface area contributed by atoms with E-state index >= 15 is 0 Å². The average Bonchev–Trinajstić information content (AvgIpc) is 3.06. The highest BCUT2D eigenvalue weighted by Crippen LogP contribution is 2.65. The molecule has 3 N–H and O–H groups in total. The third-order valence-electron chi connectivity index (χ3n) is 7.47. The highest BCUT2D eigenvalue weighted by atomic mass is 16.2. The van der Waals surface area contributed by atoms with Gasteiger partial charge in [0.2, 0.25) is 5.95 Å². The fourth-order valence-electron chi connectivity index (χ4n) is 5.17. The molecule has 4 rings (SSSR count). The number of hydrogen-bond acceptors (Lipinski definition) is 5. The van der Waals surface area contributed by atoms with Crippen LogP contribution in [0.5, 0.6) is 0 Å². The van der Waals surface area contributed by atoms with Crippen molar-refractivity contribution in [2.75, 3.05) is 17.3 Å². The van der Waals surface area contributed by atoms with E-state index in [-0.39, 0.29) is 29.4 Å². The van der Waals surface area contributed by atoms with Crippen molar-refractivity contribution in [3.05, 3.63) is 53.6 Å². The number of anilines is 3. The zero-order valence-corrected chi connectivity index (χ0v) is 17.7. The summed E-state index contributed by atoms with van der Waals surface area (Å²) in [5, 5.41) is 9.40. The summed E-state index contributed by atoms with van der Waals surface area (Å²) in [6.07, 6.45) is 5.04. The zero-order valence-electron chi connectivity index (χ0n) is 17.7. The monoisotopic (exact) mass is 404 g/mol. The molecule has 0 saturated heterocycles. The molecule has 3 atom stereocenters. The Kier molecular flexibility index (Phi) is 5.10. The highest BCUT2D eigenvalue weighted by Gasteiger charge is 2.61. The van der Waals surface area contributed by atoms with Gasteiger partial charge in [-0.05, 0) is 60.3 Å². The fourth-order valence-corrected chi connectivity index (χ4v) is 5.17. The number of rotatable bonds is 6. The van der Waals surface area contributed by atoms with Gasteiger partial charge in [-0.25, -0.2) is 16.5 Å². The van der Waals surface area contributed by atoms with Crippen LogP contribution in [-0.2, 0) is 0 Å². The number of fused-ring (bicyclic) bond motifs is 2. The van der Waals surface area contributed by atoms with Gasteiger partial charge in [0.25, 0.3) is 12.6 Å². The van der Waals surface area contributed by atoms with Gasteiger partial charge in [-0.2, -0.15) is 0 Å². The van der Waals surface area contributed by atoms with Gasteiger partial charge < -0.3 is 16.0 Å². The Morgan fingerprint density at radius 2 is 2.07 bits per heavy atom. The van der Waals surface area contributed by atoms with Gasteiger partial charge in [0.15, 0.2) is 0 Å².